The zero-order valence-electron chi connectivity index (χ0n) is 14.9. The Kier molecular flexibility index (Phi) is 4.47. The molecule has 2 heterocycles. The second kappa shape index (κ2) is 6.42. The van der Waals surface area contributed by atoms with Gasteiger partial charge in [-0.05, 0) is 37.2 Å². The number of rotatable bonds is 4. The summed E-state index contributed by atoms with van der Waals surface area (Å²) in [6.07, 6.45) is 4.55. The molecule has 1 amide bonds. The van der Waals surface area contributed by atoms with Crippen LogP contribution in [0.1, 0.15) is 61.6 Å². The Morgan fingerprint density at radius 3 is 2.96 bits per heavy atom. The monoisotopic (exact) mass is 330 g/mol. The summed E-state index contributed by atoms with van der Waals surface area (Å²) in [6, 6.07) is 1.91. The van der Waals surface area contributed by atoms with Gasteiger partial charge >= 0.3 is 0 Å². The van der Waals surface area contributed by atoms with Crippen LogP contribution in [0.15, 0.2) is 16.8 Å². The highest BCUT2D eigenvalue weighted by atomic mass is 16.5. The van der Waals surface area contributed by atoms with E-state index in [9.17, 15) is 4.79 Å². The molecule has 0 fully saturated rings. The van der Waals surface area contributed by atoms with Gasteiger partial charge in [-0.1, -0.05) is 25.9 Å². The first-order valence-corrected chi connectivity index (χ1v) is 8.66. The van der Waals surface area contributed by atoms with Crippen molar-refractivity contribution in [3.8, 4) is 0 Å². The van der Waals surface area contributed by atoms with Crippen LogP contribution in [0.25, 0.3) is 0 Å². The minimum Gasteiger partial charge on any atom is -0.360 e. The molecule has 6 heteroatoms. The molecule has 0 saturated carbocycles. The predicted molar refractivity (Wildman–Crippen MR) is 90.5 cm³/mol. The maximum absolute atomic E-state index is 12.6. The van der Waals surface area contributed by atoms with E-state index in [0.29, 0.717) is 18.2 Å². The van der Waals surface area contributed by atoms with Crippen LogP contribution >= 0.6 is 0 Å². The molecule has 2 aromatic rings. The molecule has 3 rings (SSSR count). The van der Waals surface area contributed by atoms with E-state index >= 15 is 0 Å². The van der Waals surface area contributed by atoms with Crippen molar-refractivity contribution in [3.05, 3.63) is 35.0 Å². The molecule has 24 heavy (non-hydrogen) atoms. The van der Waals surface area contributed by atoms with Crippen LogP contribution in [-0.2, 0) is 25.9 Å². The number of carbonyl (C=O) groups is 1. The first kappa shape index (κ1) is 16.7. The Balaban J connectivity index is 1.72. The molecule has 0 bridgehead atoms. The molecular formula is C18H26N4O2. The molecule has 6 nitrogen and oxygen atoms in total. The number of carbonyl (C=O) groups excluding carboxylic acids is 1. The van der Waals surface area contributed by atoms with E-state index < -0.39 is 0 Å². The minimum absolute atomic E-state index is 0.168. The smallest absolute Gasteiger partial charge is 0.274 e. The molecule has 0 saturated heterocycles. The Morgan fingerprint density at radius 1 is 1.46 bits per heavy atom. The zero-order chi connectivity index (χ0) is 17.3. The van der Waals surface area contributed by atoms with Gasteiger partial charge in [0, 0.05) is 24.7 Å². The van der Waals surface area contributed by atoms with Gasteiger partial charge in [0.25, 0.3) is 5.91 Å². The third-order valence-corrected chi connectivity index (χ3v) is 5.01. The number of hydrogen-bond donors (Lipinski definition) is 1. The lowest BCUT2D eigenvalue weighted by Gasteiger charge is -2.33. The van der Waals surface area contributed by atoms with Crippen LogP contribution in [0.4, 0.5) is 0 Å². The van der Waals surface area contributed by atoms with Crippen molar-refractivity contribution >= 4 is 5.91 Å². The number of fused-ring (bicyclic) bond motifs is 1. The number of amides is 1. The van der Waals surface area contributed by atoms with E-state index in [2.05, 4.69) is 36.3 Å². The van der Waals surface area contributed by atoms with Gasteiger partial charge < -0.3 is 9.84 Å². The van der Waals surface area contributed by atoms with Crippen LogP contribution in [-0.4, -0.2) is 20.8 Å². The van der Waals surface area contributed by atoms with Crippen molar-refractivity contribution in [3.63, 3.8) is 0 Å². The van der Waals surface area contributed by atoms with Crippen molar-refractivity contribution in [2.45, 2.75) is 60.0 Å². The summed E-state index contributed by atoms with van der Waals surface area (Å²) in [7, 11) is 0. The average Bonchev–Trinajstić information content (AvgIpc) is 3.17. The van der Waals surface area contributed by atoms with E-state index in [1.807, 2.05) is 17.7 Å². The summed E-state index contributed by atoms with van der Waals surface area (Å²) in [4.78, 5) is 12.6. The molecule has 1 N–H and O–H groups in total. The molecule has 2 aromatic heterocycles. The molecule has 130 valence electrons. The first-order chi connectivity index (χ1) is 11.4. The summed E-state index contributed by atoms with van der Waals surface area (Å²) in [5.74, 6) is 1.25. The van der Waals surface area contributed by atoms with Crippen LogP contribution in [0.3, 0.4) is 0 Å². The molecule has 1 atom stereocenters. The summed E-state index contributed by atoms with van der Waals surface area (Å²) in [5, 5.41) is 11.2. The van der Waals surface area contributed by atoms with E-state index in [1.165, 1.54) is 0 Å². The molecule has 0 radical (unpaired) electrons. The number of aromatic nitrogens is 3. The van der Waals surface area contributed by atoms with Gasteiger partial charge in [-0.15, -0.1) is 0 Å². The largest absolute Gasteiger partial charge is 0.360 e. The quantitative estimate of drug-likeness (QED) is 0.935. The SMILES string of the molecule is CCn1nccc1CNC(=O)c1noc2c1C[C@H](C(C)(C)C)CC2. The second-order valence-corrected chi connectivity index (χ2v) is 7.56. The summed E-state index contributed by atoms with van der Waals surface area (Å²) < 4.78 is 7.29. The summed E-state index contributed by atoms with van der Waals surface area (Å²) >= 11 is 0. The molecule has 1 aliphatic rings. The van der Waals surface area contributed by atoms with E-state index in [-0.39, 0.29) is 11.3 Å². The lowest BCUT2D eigenvalue weighted by Crippen LogP contribution is -2.29. The molecule has 0 aliphatic heterocycles. The maximum atomic E-state index is 12.6. The fourth-order valence-corrected chi connectivity index (χ4v) is 3.37. The van der Waals surface area contributed by atoms with Gasteiger partial charge in [-0.2, -0.15) is 5.10 Å². The first-order valence-electron chi connectivity index (χ1n) is 8.66. The van der Waals surface area contributed by atoms with E-state index in [1.54, 1.807) is 6.20 Å². The highest BCUT2D eigenvalue weighted by molar-refractivity contribution is 5.93. The molecular weight excluding hydrogens is 304 g/mol. The molecule has 1 aliphatic carbocycles. The summed E-state index contributed by atoms with van der Waals surface area (Å²) in [5.41, 5.74) is 2.64. The molecule has 0 aromatic carbocycles. The van der Waals surface area contributed by atoms with E-state index in [4.69, 9.17) is 4.52 Å². The number of nitrogens with zero attached hydrogens (tertiary/aromatic N) is 3. The Morgan fingerprint density at radius 2 is 2.25 bits per heavy atom. The second-order valence-electron chi connectivity index (χ2n) is 7.56. The van der Waals surface area contributed by atoms with Gasteiger partial charge in [-0.25, -0.2) is 0 Å². The average molecular weight is 330 g/mol. The maximum Gasteiger partial charge on any atom is 0.274 e. The minimum atomic E-state index is -0.168. The van der Waals surface area contributed by atoms with Crippen molar-refractivity contribution in [1.29, 1.82) is 0 Å². The van der Waals surface area contributed by atoms with Gasteiger partial charge in [0.15, 0.2) is 5.69 Å². The van der Waals surface area contributed by atoms with Gasteiger partial charge in [-0.3, -0.25) is 9.48 Å². The predicted octanol–water partition coefficient (Wildman–Crippen LogP) is 2.97. The highest BCUT2D eigenvalue weighted by Crippen LogP contribution is 2.38. The Labute approximate surface area is 142 Å². The number of aryl methyl sites for hydroxylation is 2. The number of hydrogen-bond acceptors (Lipinski definition) is 4. The Hall–Kier alpha value is -2.11. The standard InChI is InChI=1S/C18H26N4O2/c1-5-22-13(8-9-20-22)11-19-17(23)16-14-10-12(18(2,3)4)6-7-15(14)24-21-16/h8-9,12H,5-7,10-11H2,1-4H3,(H,19,23)/t12-/m1/s1. The lowest BCUT2D eigenvalue weighted by atomic mass is 9.71. The van der Waals surface area contributed by atoms with Gasteiger partial charge in [0.1, 0.15) is 5.76 Å². The summed E-state index contributed by atoms with van der Waals surface area (Å²) in [6.45, 7) is 10.0. The lowest BCUT2D eigenvalue weighted by molar-refractivity contribution is 0.0939. The third-order valence-electron chi connectivity index (χ3n) is 5.01. The Bertz CT molecular complexity index is 724. The van der Waals surface area contributed by atoms with E-state index in [0.717, 1.165) is 42.8 Å². The molecule has 0 unspecified atom stereocenters. The van der Waals surface area contributed by atoms with Crippen LogP contribution in [0.5, 0.6) is 0 Å². The van der Waals surface area contributed by atoms with Crippen molar-refractivity contribution in [2.75, 3.05) is 0 Å². The van der Waals surface area contributed by atoms with Crippen LogP contribution in [0.2, 0.25) is 0 Å². The highest BCUT2D eigenvalue weighted by Gasteiger charge is 2.34. The molecule has 0 spiro atoms. The van der Waals surface area contributed by atoms with Crippen LogP contribution in [0, 0.1) is 11.3 Å². The van der Waals surface area contributed by atoms with Crippen molar-refractivity contribution < 1.29 is 9.32 Å². The van der Waals surface area contributed by atoms with Gasteiger partial charge in [0.2, 0.25) is 0 Å². The topological polar surface area (TPSA) is 73.0 Å². The fraction of sp³-hybridized carbons (Fsp3) is 0.611. The van der Waals surface area contributed by atoms with Gasteiger partial charge in [0.05, 0.1) is 12.2 Å². The third kappa shape index (κ3) is 3.23. The van der Waals surface area contributed by atoms with Crippen molar-refractivity contribution in [2.24, 2.45) is 11.3 Å². The van der Waals surface area contributed by atoms with Crippen molar-refractivity contribution in [1.82, 2.24) is 20.3 Å². The number of nitrogens with one attached hydrogen (secondary N) is 1. The fourth-order valence-electron chi connectivity index (χ4n) is 3.37. The van der Waals surface area contributed by atoms with Crippen LogP contribution < -0.4 is 5.32 Å². The normalized spacial score (nSPS) is 17.6. The zero-order valence-corrected chi connectivity index (χ0v) is 14.9.